The molecule has 110 valence electrons. The van der Waals surface area contributed by atoms with Crippen molar-refractivity contribution in [3.63, 3.8) is 0 Å². The number of benzene rings is 1. The smallest absolute Gasteiger partial charge is 0.317 e. The van der Waals surface area contributed by atoms with Crippen molar-refractivity contribution >= 4 is 17.8 Å². The van der Waals surface area contributed by atoms with Gasteiger partial charge in [-0.25, -0.2) is 9.18 Å². The monoisotopic (exact) mass is 296 g/mol. The molecule has 1 atom stereocenters. The lowest BCUT2D eigenvalue weighted by Gasteiger charge is -2.20. The summed E-state index contributed by atoms with van der Waals surface area (Å²) in [4.78, 5) is 13.8. The highest BCUT2D eigenvalue weighted by Crippen LogP contribution is 2.35. The molecule has 1 unspecified atom stereocenters. The SMILES string of the molecule is CCCNC(=O)N1CCSC(c2ccccc2F)CC1. The first-order valence-electron chi connectivity index (χ1n) is 7.11. The van der Waals surface area contributed by atoms with Gasteiger partial charge in [-0.2, -0.15) is 11.8 Å². The number of thioether (sulfide) groups is 1. The molecule has 0 radical (unpaired) electrons. The second kappa shape index (κ2) is 7.53. The summed E-state index contributed by atoms with van der Waals surface area (Å²) >= 11 is 1.73. The molecule has 1 aromatic rings. The maximum Gasteiger partial charge on any atom is 0.317 e. The van der Waals surface area contributed by atoms with Crippen molar-refractivity contribution in [2.45, 2.75) is 25.0 Å². The van der Waals surface area contributed by atoms with Crippen molar-refractivity contribution < 1.29 is 9.18 Å². The molecule has 5 heteroatoms. The molecule has 0 aliphatic carbocycles. The first-order chi connectivity index (χ1) is 9.72. The Kier molecular flexibility index (Phi) is 5.71. The number of hydrogen-bond acceptors (Lipinski definition) is 2. The predicted molar refractivity (Wildman–Crippen MR) is 81.5 cm³/mol. The molecule has 3 nitrogen and oxygen atoms in total. The van der Waals surface area contributed by atoms with E-state index in [1.165, 1.54) is 6.07 Å². The molecule has 2 rings (SSSR count). The third kappa shape index (κ3) is 3.88. The fraction of sp³-hybridized carbons (Fsp3) is 0.533. The van der Waals surface area contributed by atoms with Gasteiger partial charge < -0.3 is 10.2 Å². The van der Waals surface area contributed by atoms with Gasteiger partial charge in [0.2, 0.25) is 0 Å². The summed E-state index contributed by atoms with van der Waals surface area (Å²) in [5, 5.41) is 3.04. The molecule has 1 aliphatic rings. The molecule has 1 aromatic carbocycles. The standard InChI is InChI=1S/C15H21FN2OS/c1-2-8-17-15(19)18-9-7-14(20-11-10-18)12-5-3-4-6-13(12)16/h3-6,14H,2,7-11H2,1H3,(H,17,19). The van der Waals surface area contributed by atoms with Gasteiger partial charge in [0.25, 0.3) is 0 Å². The van der Waals surface area contributed by atoms with Crippen LogP contribution in [0, 0.1) is 5.82 Å². The number of nitrogens with one attached hydrogen (secondary N) is 1. The quantitative estimate of drug-likeness (QED) is 0.927. The van der Waals surface area contributed by atoms with Crippen LogP contribution >= 0.6 is 11.8 Å². The molecule has 1 N–H and O–H groups in total. The largest absolute Gasteiger partial charge is 0.338 e. The fourth-order valence-corrected chi connectivity index (χ4v) is 3.55. The van der Waals surface area contributed by atoms with E-state index in [1.807, 2.05) is 24.0 Å². The second-order valence-electron chi connectivity index (χ2n) is 4.89. The zero-order chi connectivity index (χ0) is 14.4. The number of carbonyl (C=O) groups is 1. The summed E-state index contributed by atoms with van der Waals surface area (Å²) < 4.78 is 13.8. The molecule has 0 spiro atoms. The van der Waals surface area contributed by atoms with Crippen LogP contribution in [0.15, 0.2) is 24.3 Å². The van der Waals surface area contributed by atoms with Crippen molar-refractivity contribution in [1.29, 1.82) is 0 Å². The molecular formula is C15H21FN2OS. The third-order valence-corrected chi connectivity index (χ3v) is 4.72. The lowest BCUT2D eigenvalue weighted by Crippen LogP contribution is -2.41. The maximum atomic E-state index is 13.8. The van der Waals surface area contributed by atoms with Gasteiger partial charge in [-0.05, 0) is 18.9 Å². The predicted octanol–water partition coefficient (Wildman–Crippen LogP) is 3.43. The lowest BCUT2D eigenvalue weighted by molar-refractivity contribution is 0.201. The second-order valence-corrected chi connectivity index (χ2v) is 6.20. The van der Waals surface area contributed by atoms with E-state index in [1.54, 1.807) is 17.8 Å². The number of halogens is 1. The van der Waals surface area contributed by atoms with Crippen LogP contribution in [-0.4, -0.2) is 36.3 Å². The van der Waals surface area contributed by atoms with E-state index in [2.05, 4.69) is 5.32 Å². The van der Waals surface area contributed by atoms with Gasteiger partial charge in [0.15, 0.2) is 0 Å². The van der Waals surface area contributed by atoms with Crippen LogP contribution in [0.1, 0.15) is 30.6 Å². The Hall–Kier alpha value is -1.23. The van der Waals surface area contributed by atoms with Gasteiger partial charge in [-0.15, -0.1) is 0 Å². The molecule has 2 amide bonds. The van der Waals surface area contributed by atoms with E-state index < -0.39 is 0 Å². The zero-order valence-electron chi connectivity index (χ0n) is 11.8. The third-order valence-electron chi connectivity index (χ3n) is 3.41. The molecule has 0 saturated carbocycles. The first-order valence-corrected chi connectivity index (χ1v) is 8.16. The van der Waals surface area contributed by atoms with Crippen molar-refractivity contribution in [1.82, 2.24) is 10.2 Å². The Bertz CT molecular complexity index is 455. The van der Waals surface area contributed by atoms with Gasteiger partial charge in [-0.3, -0.25) is 0 Å². The molecule has 0 aromatic heterocycles. The Morgan fingerprint density at radius 1 is 1.45 bits per heavy atom. The Labute approximate surface area is 123 Å². The number of hydrogen-bond donors (Lipinski definition) is 1. The lowest BCUT2D eigenvalue weighted by atomic mass is 10.1. The van der Waals surface area contributed by atoms with Crippen molar-refractivity contribution in [3.8, 4) is 0 Å². The van der Waals surface area contributed by atoms with Gasteiger partial charge in [0.1, 0.15) is 5.82 Å². The van der Waals surface area contributed by atoms with Gasteiger partial charge in [-0.1, -0.05) is 25.1 Å². The van der Waals surface area contributed by atoms with Crippen LogP contribution in [0.3, 0.4) is 0 Å². The van der Waals surface area contributed by atoms with Crippen LogP contribution in [0.2, 0.25) is 0 Å². The maximum absolute atomic E-state index is 13.8. The minimum absolute atomic E-state index is 0.00151. The average Bonchev–Trinajstić information content (AvgIpc) is 2.71. The van der Waals surface area contributed by atoms with Crippen LogP contribution in [0.4, 0.5) is 9.18 Å². The average molecular weight is 296 g/mol. The minimum atomic E-state index is -0.145. The molecule has 1 saturated heterocycles. The van der Waals surface area contributed by atoms with E-state index >= 15 is 0 Å². The van der Waals surface area contributed by atoms with Crippen LogP contribution in [0.25, 0.3) is 0 Å². The fourth-order valence-electron chi connectivity index (χ4n) is 2.30. The summed E-state index contributed by atoms with van der Waals surface area (Å²) in [5.41, 5.74) is 0.758. The number of nitrogens with zero attached hydrogens (tertiary/aromatic N) is 1. The zero-order valence-corrected chi connectivity index (χ0v) is 12.6. The molecular weight excluding hydrogens is 275 g/mol. The Morgan fingerprint density at radius 2 is 2.25 bits per heavy atom. The van der Waals surface area contributed by atoms with Crippen LogP contribution in [-0.2, 0) is 0 Å². The Balaban J connectivity index is 1.95. The van der Waals surface area contributed by atoms with Crippen LogP contribution in [0.5, 0.6) is 0 Å². The van der Waals surface area contributed by atoms with Crippen LogP contribution < -0.4 is 5.32 Å². The summed E-state index contributed by atoms with van der Waals surface area (Å²) in [5.74, 6) is 0.701. The summed E-state index contributed by atoms with van der Waals surface area (Å²) in [6.07, 6.45) is 1.73. The van der Waals surface area contributed by atoms with Crippen molar-refractivity contribution in [2.24, 2.45) is 0 Å². The van der Waals surface area contributed by atoms with Gasteiger partial charge in [0.05, 0.1) is 0 Å². The number of amides is 2. The highest BCUT2D eigenvalue weighted by Gasteiger charge is 2.23. The van der Waals surface area contributed by atoms with E-state index in [4.69, 9.17) is 0 Å². The normalized spacial score (nSPS) is 19.5. The van der Waals surface area contributed by atoms with Crippen molar-refractivity contribution in [3.05, 3.63) is 35.6 Å². The number of rotatable bonds is 3. The van der Waals surface area contributed by atoms with Gasteiger partial charge >= 0.3 is 6.03 Å². The molecule has 1 aliphatic heterocycles. The van der Waals surface area contributed by atoms with Gasteiger partial charge in [0, 0.05) is 36.2 Å². The molecule has 1 heterocycles. The summed E-state index contributed by atoms with van der Waals surface area (Å²) in [6, 6.07) is 6.94. The Morgan fingerprint density at radius 3 is 3.00 bits per heavy atom. The van der Waals surface area contributed by atoms with E-state index in [0.29, 0.717) is 13.1 Å². The molecule has 20 heavy (non-hydrogen) atoms. The molecule has 1 fully saturated rings. The minimum Gasteiger partial charge on any atom is -0.338 e. The van der Waals surface area contributed by atoms with E-state index in [-0.39, 0.29) is 17.1 Å². The summed E-state index contributed by atoms with van der Waals surface area (Å²) in [7, 11) is 0. The van der Waals surface area contributed by atoms with E-state index in [0.717, 1.165) is 30.7 Å². The number of urea groups is 1. The van der Waals surface area contributed by atoms with E-state index in [9.17, 15) is 9.18 Å². The highest BCUT2D eigenvalue weighted by atomic mass is 32.2. The van der Waals surface area contributed by atoms with Crippen molar-refractivity contribution in [2.75, 3.05) is 25.4 Å². The highest BCUT2D eigenvalue weighted by molar-refractivity contribution is 7.99. The first kappa shape index (κ1) is 15.2. The molecule has 0 bridgehead atoms. The summed E-state index contributed by atoms with van der Waals surface area (Å²) in [6.45, 7) is 4.15. The topological polar surface area (TPSA) is 32.3 Å². The number of carbonyl (C=O) groups excluding carboxylic acids is 1.